The van der Waals surface area contributed by atoms with Crippen molar-refractivity contribution in [2.75, 3.05) is 7.11 Å². The van der Waals surface area contributed by atoms with Gasteiger partial charge in [0.2, 0.25) is 5.54 Å². The van der Waals surface area contributed by atoms with Crippen LogP contribution in [0.4, 0.5) is 18.0 Å². The lowest BCUT2D eigenvalue weighted by Gasteiger charge is -2.34. The smallest absolute Gasteiger partial charge is 0.422 e. The van der Waals surface area contributed by atoms with Crippen LogP contribution in [0.25, 0.3) is 0 Å². The van der Waals surface area contributed by atoms with Crippen LogP contribution < -0.4 is 5.32 Å². The minimum absolute atomic E-state index is 0.205. The van der Waals surface area contributed by atoms with Gasteiger partial charge in [0.25, 0.3) is 0 Å². The van der Waals surface area contributed by atoms with E-state index < -0.39 is 35.8 Å². The number of nitrogens with one attached hydrogen (secondary N) is 1. The quantitative estimate of drug-likeness (QED) is 0.850. The first kappa shape index (κ1) is 19.8. The van der Waals surface area contributed by atoms with Crippen LogP contribution in [0, 0.1) is 0 Å². The van der Waals surface area contributed by atoms with Gasteiger partial charge < -0.3 is 9.47 Å². The Morgan fingerprint density at radius 1 is 1.08 bits per heavy atom. The first-order chi connectivity index (χ1) is 10.9. The van der Waals surface area contributed by atoms with Crippen molar-refractivity contribution in [3.63, 3.8) is 0 Å². The Morgan fingerprint density at radius 2 is 1.62 bits per heavy atom. The Labute approximate surface area is 138 Å². The van der Waals surface area contributed by atoms with Gasteiger partial charge in [-0.1, -0.05) is 30.3 Å². The molecule has 1 N–H and O–H groups in total. The molecule has 8 heteroatoms. The van der Waals surface area contributed by atoms with Crippen LogP contribution in [0.1, 0.15) is 26.3 Å². The third kappa shape index (κ3) is 4.87. The summed E-state index contributed by atoms with van der Waals surface area (Å²) in [7, 11) is 0.824. The third-order valence-corrected chi connectivity index (χ3v) is 3.04. The molecule has 0 bridgehead atoms. The second kappa shape index (κ2) is 7.11. The molecule has 1 aromatic carbocycles. The van der Waals surface area contributed by atoms with Crippen molar-refractivity contribution in [2.24, 2.45) is 0 Å². The monoisotopic (exact) mass is 347 g/mol. The van der Waals surface area contributed by atoms with Crippen LogP contribution in [0.5, 0.6) is 0 Å². The molecule has 0 heterocycles. The Kier molecular flexibility index (Phi) is 5.86. The van der Waals surface area contributed by atoms with Crippen LogP contribution in [0.2, 0.25) is 0 Å². The summed E-state index contributed by atoms with van der Waals surface area (Å²) in [5.41, 5.74) is -4.06. The molecule has 5 nitrogen and oxygen atoms in total. The van der Waals surface area contributed by atoms with Gasteiger partial charge in [-0.3, -0.25) is 5.32 Å². The average Bonchev–Trinajstić information content (AvgIpc) is 2.43. The lowest BCUT2D eigenvalue weighted by Crippen LogP contribution is -2.66. The van der Waals surface area contributed by atoms with Gasteiger partial charge in [-0.15, -0.1) is 0 Å². The zero-order valence-electron chi connectivity index (χ0n) is 13.9. The third-order valence-electron chi connectivity index (χ3n) is 3.04. The van der Waals surface area contributed by atoms with Gasteiger partial charge in [-0.05, 0) is 26.3 Å². The van der Waals surface area contributed by atoms with Crippen LogP contribution in [-0.2, 0) is 20.7 Å². The molecule has 1 aromatic rings. The first-order valence-electron chi connectivity index (χ1n) is 7.11. The summed E-state index contributed by atoms with van der Waals surface area (Å²) in [6.45, 7) is 4.49. The molecule has 0 fully saturated rings. The Bertz CT molecular complexity index is 581. The van der Waals surface area contributed by atoms with Crippen molar-refractivity contribution in [1.29, 1.82) is 0 Å². The molecule has 134 valence electrons. The van der Waals surface area contributed by atoms with E-state index in [1.54, 1.807) is 11.4 Å². The van der Waals surface area contributed by atoms with Crippen molar-refractivity contribution in [1.82, 2.24) is 5.32 Å². The zero-order chi connectivity index (χ0) is 18.6. The van der Waals surface area contributed by atoms with Crippen molar-refractivity contribution < 1.29 is 32.2 Å². The second-order valence-electron chi connectivity index (χ2n) is 6.18. The number of rotatable bonds is 4. The Balaban J connectivity index is 3.27. The molecule has 0 aliphatic heterocycles. The van der Waals surface area contributed by atoms with Crippen molar-refractivity contribution in [2.45, 2.75) is 44.5 Å². The number of benzene rings is 1. The van der Waals surface area contributed by atoms with E-state index in [-0.39, 0.29) is 5.56 Å². The van der Waals surface area contributed by atoms with E-state index in [0.717, 1.165) is 7.11 Å². The highest BCUT2D eigenvalue weighted by Crippen LogP contribution is 2.35. The molecule has 0 aliphatic carbocycles. The Morgan fingerprint density at radius 3 is 2.04 bits per heavy atom. The molecule has 0 radical (unpaired) electrons. The molecule has 1 rings (SSSR count). The summed E-state index contributed by atoms with van der Waals surface area (Å²) in [4.78, 5) is 23.9. The number of esters is 1. The van der Waals surface area contributed by atoms with Crippen LogP contribution in [0.3, 0.4) is 0 Å². The van der Waals surface area contributed by atoms with Crippen molar-refractivity contribution >= 4 is 12.1 Å². The maximum Gasteiger partial charge on any atom is 0.422 e. The van der Waals surface area contributed by atoms with Crippen LogP contribution >= 0.6 is 0 Å². The molecule has 0 spiro atoms. The molecular weight excluding hydrogens is 327 g/mol. The molecule has 0 saturated carbocycles. The summed E-state index contributed by atoms with van der Waals surface area (Å²) in [5.74, 6) is -1.62. The molecule has 0 aliphatic rings. The summed E-state index contributed by atoms with van der Waals surface area (Å²) in [6, 6.07) is 7.51. The van der Waals surface area contributed by atoms with Gasteiger partial charge in [-0.2, -0.15) is 13.2 Å². The predicted octanol–water partition coefficient (Wildman–Crippen LogP) is 3.23. The number of alkyl carbamates (subject to hydrolysis) is 1. The zero-order valence-corrected chi connectivity index (χ0v) is 13.9. The van der Waals surface area contributed by atoms with E-state index in [1.807, 2.05) is 0 Å². The number of hydrogen-bond acceptors (Lipinski definition) is 4. The molecule has 0 saturated heterocycles. The van der Waals surface area contributed by atoms with E-state index in [4.69, 9.17) is 4.74 Å². The predicted molar refractivity (Wildman–Crippen MR) is 80.3 cm³/mol. The van der Waals surface area contributed by atoms with E-state index in [1.165, 1.54) is 45.0 Å². The molecule has 1 atom stereocenters. The van der Waals surface area contributed by atoms with E-state index in [2.05, 4.69) is 4.74 Å². The van der Waals surface area contributed by atoms with Gasteiger partial charge >= 0.3 is 18.2 Å². The van der Waals surface area contributed by atoms with Crippen LogP contribution in [-0.4, -0.2) is 36.5 Å². The highest BCUT2D eigenvalue weighted by molar-refractivity contribution is 5.87. The highest BCUT2D eigenvalue weighted by atomic mass is 19.4. The summed E-state index contributed by atoms with van der Waals surface area (Å²) in [5, 5.41) is 1.67. The maximum absolute atomic E-state index is 13.7. The van der Waals surface area contributed by atoms with Gasteiger partial charge in [0.05, 0.1) is 7.11 Å². The van der Waals surface area contributed by atoms with Gasteiger partial charge in [0.15, 0.2) is 0 Å². The molecule has 1 amide bonds. The summed E-state index contributed by atoms with van der Waals surface area (Å²) >= 11 is 0. The molecule has 0 aromatic heterocycles. The SMILES string of the molecule is COC(=O)[C@](Cc1ccccc1)(NC(=O)OC(C)(C)C)C(F)(F)F. The number of carbonyl (C=O) groups excluding carboxylic acids is 2. The summed E-state index contributed by atoms with van der Waals surface area (Å²) < 4.78 is 50.3. The minimum atomic E-state index is -5.09. The summed E-state index contributed by atoms with van der Waals surface area (Å²) in [6.07, 6.45) is -7.27. The fourth-order valence-corrected chi connectivity index (χ4v) is 2.01. The van der Waals surface area contributed by atoms with Gasteiger partial charge in [0.1, 0.15) is 5.60 Å². The lowest BCUT2D eigenvalue weighted by molar-refractivity contribution is -0.210. The van der Waals surface area contributed by atoms with Gasteiger partial charge in [-0.25, -0.2) is 9.59 Å². The molecular formula is C16H20F3NO4. The number of methoxy groups -OCH3 is 1. The second-order valence-corrected chi connectivity index (χ2v) is 6.18. The molecule has 24 heavy (non-hydrogen) atoms. The molecule has 0 unspecified atom stereocenters. The maximum atomic E-state index is 13.7. The number of amides is 1. The average molecular weight is 347 g/mol. The largest absolute Gasteiger partial charge is 0.467 e. The number of carbonyl (C=O) groups is 2. The fraction of sp³-hybridized carbons (Fsp3) is 0.500. The van der Waals surface area contributed by atoms with Crippen molar-refractivity contribution in [3.8, 4) is 0 Å². The highest BCUT2D eigenvalue weighted by Gasteiger charge is 2.63. The van der Waals surface area contributed by atoms with E-state index in [9.17, 15) is 22.8 Å². The van der Waals surface area contributed by atoms with Crippen molar-refractivity contribution in [3.05, 3.63) is 35.9 Å². The fourth-order valence-electron chi connectivity index (χ4n) is 2.01. The number of halogens is 3. The van der Waals surface area contributed by atoms with E-state index >= 15 is 0 Å². The van der Waals surface area contributed by atoms with Crippen LogP contribution in [0.15, 0.2) is 30.3 Å². The Hall–Kier alpha value is -2.25. The number of ether oxygens (including phenoxy) is 2. The normalized spacial score (nSPS) is 14.5. The van der Waals surface area contributed by atoms with Gasteiger partial charge in [0, 0.05) is 6.42 Å². The standard InChI is InChI=1S/C16H20F3NO4/c1-14(2,3)24-13(22)20-15(12(21)23-4,16(17,18)19)10-11-8-6-5-7-9-11/h5-9H,10H2,1-4H3,(H,20,22)/t15-/m0/s1. The number of alkyl halides is 3. The minimum Gasteiger partial charge on any atom is -0.467 e. The number of hydrogen-bond donors (Lipinski definition) is 1. The van der Waals surface area contributed by atoms with E-state index in [0.29, 0.717) is 0 Å². The topological polar surface area (TPSA) is 64.6 Å². The lowest BCUT2D eigenvalue weighted by atomic mass is 9.90. The first-order valence-corrected chi connectivity index (χ1v) is 7.11.